The van der Waals surface area contributed by atoms with Crippen LogP contribution >= 0.6 is 0 Å². The largest absolute Gasteiger partial charge is 0.366 e. The molecule has 4 atom stereocenters. The highest BCUT2D eigenvalue weighted by Gasteiger charge is 2.39. The van der Waals surface area contributed by atoms with Crippen molar-refractivity contribution in [3.8, 4) is 12.3 Å². The van der Waals surface area contributed by atoms with E-state index < -0.39 is 6.10 Å². The fourth-order valence-electron chi connectivity index (χ4n) is 4.29. The van der Waals surface area contributed by atoms with Gasteiger partial charge in [0.1, 0.15) is 18.5 Å². The SMILES string of the molecule is C#CCO[C@H]1COC(C(=O)N2CCc3ccccc3[C@@H]2c2ccc(F)cc2)C[C@@H]1N. The van der Waals surface area contributed by atoms with Crippen LogP contribution in [0.1, 0.15) is 29.2 Å². The van der Waals surface area contributed by atoms with Crippen LogP contribution in [0.15, 0.2) is 48.5 Å². The first-order valence-electron chi connectivity index (χ1n) is 10.1. The van der Waals surface area contributed by atoms with Gasteiger partial charge in [-0.15, -0.1) is 6.42 Å². The lowest BCUT2D eigenvalue weighted by Gasteiger charge is -2.41. The third kappa shape index (κ3) is 4.10. The van der Waals surface area contributed by atoms with Gasteiger partial charge in [0, 0.05) is 19.0 Å². The average Bonchev–Trinajstić information content (AvgIpc) is 2.77. The highest BCUT2D eigenvalue weighted by molar-refractivity contribution is 5.82. The molecule has 2 aromatic carbocycles. The lowest BCUT2D eigenvalue weighted by atomic mass is 9.87. The summed E-state index contributed by atoms with van der Waals surface area (Å²) in [5, 5.41) is 0. The van der Waals surface area contributed by atoms with E-state index in [2.05, 4.69) is 12.0 Å². The van der Waals surface area contributed by atoms with Crippen LogP contribution in [0.4, 0.5) is 4.39 Å². The summed E-state index contributed by atoms with van der Waals surface area (Å²) in [6, 6.07) is 13.8. The Hall–Kier alpha value is -2.72. The van der Waals surface area contributed by atoms with Crippen LogP contribution in [0.3, 0.4) is 0 Å². The van der Waals surface area contributed by atoms with Crippen molar-refractivity contribution in [2.45, 2.75) is 37.1 Å². The van der Waals surface area contributed by atoms with E-state index in [1.807, 2.05) is 23.1 Å². The Morgan fingerprint density at radius 3 is 2.77 bits per heavy atom. The first kappa shape index (κ1) is 20.5. The molecule has 2 aromatic rings. The zero-order valence-corrected chi connectivity index (χ0v) is 16.7. The van der Waals surface area contributed by atoms with Gasteiger partial charge in [-0.1, -0.05) is 42.3 Å². The fraction of sp³-hybridized carbons (Fsp3) is 0.375. The second-order valence-electron chi connectivity index (χ2n) is 7.71. The summed E-state index contributed by atoms with van der Waals surface area (Å²) in [6.07, 6.45) is 5.40. The van der Waals surface area contributed by atoms with E-state index >= 15 is 0 Å². The molecule has 1 saturated heterocycles. The van der Waals surface area contributed by atoms with Crippen molar-refractivity contribution < 1.29 is 18.7 Å². The number of nitrogens with zero attached hydrogens (tertiary/aromatic N) is 1. The Bertz CT molecular complexity index is 940. The van der Waals surface area contributed by atoms with E-state index in [-0.39, 0.29) is 43.1 Å². The average molecular weight is 408 g/mol. The van der Waals surface area contributed by atoms with Crippen LogP contribution < -0.4 is 5.73 Å². The summed E-state index contributed by atoms with van der Waals surface area (Å²) in [5.74, 6) is 2.01. The summed E-state index contributed by atoms with van der Waals surface area (Å²) in [4.78, 5) is 15.3. The molecule has 2 heterocycles. The molecule has 1 amide bonds. The normalized spacial score (nSPS) is 26.0. The van der Waals surface area contributed by atoms with Crippen molar-refractivity contribution in [1.29, 1.82) is 0 Å². The van der Waals surface area contributed by atoms with Gasteiger partial charge in [-0.2, -0.15) is 0 Å². The minimum atomic E-state index is -0.640. The smallest absolute Gasteiger partial charge is 0.252 e. The number of benzene rings is 2. The number of nitrogens with two attached hydrogens (primary N) is 1. The molecule has 0 aliphatic carbocycles. The third-order valence-corrected chi connectivity index (χ3v) is 5.83. The summed E-state index contributed by atoms with van der Waals surface area (Å²) >= 11 is 0. The van der Waals surface area contributed by atoms with Gasteiger partial charge in [0.05, 0.1) is 18.8 Å². The van der Waals surface area contributed by atoms with E-state index in [4.69, 9.17) is 21.6 Å². The Balaban J connectivity index is 1.58. The molecule has 2 aliphatic rings. The maximum absolute atomic E-state index is 13.5. The Morgan fingerprint density at radius 1 is 1.27 bits per heavy atom. The molecule has 6 heteroatoms. The van der Waals surface area contributed by atoms with Gasteiger partial charge >= 0.3 is 0 Å². The number of ether oxygens (including phenoxy) is 2. The standard InChI is InChI=1S/C24H25FN2O3/c1-2-13-29-22-15-30-21(14-20(22)26)24(28)27-12-11-16-5-3-4-6-19(16)23(27)17-7-9-18(25)10-8-17/h1,3-10,20-23H,11-15,26H2/t20-,21?,22-,23-/m0/s1. The van der Waals surface area contributed by atoms with Crippen molar-refractivity contribution in [1.82, 2.24) is 4.90 Å². The lowest BCUT2D eigenvalue weighted by Crippen LogP contribution is -2.54. The molecule has 0 spiro atoms. The minimum absolute atomic E-state index is 0.107. The fourth-order valence-corrected chi connectivity index (χ4v) is 4.29. The summed E-state index contributed by atoms with van der Waals surface area (Å²) in [6.45, 7) is 0.949. The Labute approximate surface area is 176 Å². The summed E-state index contributed by atoms with van der Waals surface area (Å²) in [5.41, 5.74) is 9.35. The Kier molecular flexibility index (Phi) is 6.14. The maximum Gasteiger partial charge on any atom is 0.252 e. The number of hydrogen-bond donors (Lipinski definition) is 1. The van der Waals surface area contributed by atoms with Gasteiger partial charge in [0.15, 0.2) is 0 Å². The first-order valence-corrected chi connectivity index (χ1v) is 10.1. The van der Waals surface area contributed by atoms with Gasteiger partial charge in [-0.05, 0) is 35.2 Å². The molecule has 2 aliphatic heterocycles. The van der Waals surface area contributed by atoms with Crippen LogP contribution in [0, 0.1) is 18.2 Å². The number of hydrogen-bond acceptors (Lipinski definition) is 4. The van der Waals surface area contributed by atoms with Crippen molar-refractivity contribution in [3.05, 3.63) is 71.0 Å². The van der Waals surface area contributed by atoms with E-state index in [0.29, 0.717) is 13.0 Å². The van der Waals surface area contributed by atoms with Crippen molar-refractivity contribution in [3.63, 3.8) is 0 Å². The summed E-state index contributed by atoms with van der Waals surface area (Å²) in [7, 11) is 0. The molecular weight excluding hydrogens is 383 g/mol. The molecule has 4 rings (SSSR count). The molecule has 0 aromatic heterocycles. The number of amides is 1. The highest BCUT2D eigenvalue weighted by atomic mass is 19.1. The minimum Gasteiger partial charge on any atom is -0.366 e. The van der Waals surface area contributed by atoms with E-state index in [9.17, 15) is 9.18 Å². The van der Waals surface area contributed by atoms with Crippen LogP contribution in [0.25, 0.3) is 0 Å². The molecule has 1 fully saturated rings. The number of carbonyl (C=O) groups is 1. The van der Waals surface area contributed by atoms with Gasteiger partial charge < -0.3 is 20.1 Å². The lowest BCUT2D eigenvalue weighted by molar-refractivity contribution is -0.157. The highest BCUT2D eigenvalue weighted by Crippen LogP contribution is 2.36. The molecule has 1 unspecified atom stereocenters. The molecule has 156 valence electrons. The molecule has 0 radical (unpaired) electrons. The van der Waals surface area contributed by atoms with E-state index in [0.717, 1.165) is 17.5 Å². The van der Waals surface area contributed by atoms with Gasteiger partial charge in [-0.3, -0.25) is 4.79 Å². The van der Waals surface area contributed by atoms with Crippen LogP contribution in [0.5, 0.6) is 0 Å². The zero-order valence-electron chi connectivity index (χ0n) is 16.7. The third-order valence-electron chi connectivity index (χ3n) is 5.83. The first-order chi connectivity index (χ1) is 14.6. The topological polar surface area (TPSA) is 64.8 Å². The number of rotatable bonds is 4. The Morgan fingerprint density at radius 2 is 2.03 bits per heavy atom. The molecule has 0 bridgehead atoms. The van der Waals surface area contributed by atoms with E-state index in [1.54, 1.807) is 12.1 Å². The molecule has 5 nitrogen and oxygen atoms in total. The zero-order chi connectivity index (χ0) is 21.1. The number of fused-ring (bicyclic) bond motifs is 1. The molecular formula is C24H25FN2O3. The van der Waals surface area contributed by atoms with Gasteiger partial charge in [0.25, 0.3) is 5.91 Å². The van der Waals surface area contributed by atoms with Crippen LogP contribution in [-0.4, -0.2) is 48.8 Å². The van der Waals surface area contributed by atoms with Gasteiger partial charge in [-0.25, -0.2) is 4.39 Å². The van der Waals surface area contributed by atoms with Crippen LogP contribution in [0.2, 0.25) is 0 Å². The maximum atomic E-state index is 13.5. The van der Waals surface area contributed by atoms with Crippen LogP contribution in [-0.2, 0) is 20.7 Å². The summed E-state index contributed by atoms with van der Waals surface area (Å²) < 4.78 is 24.9. The van der Waals surface area contributed by atoms with E-state index in [1.165, 1.54) is 17.7 Å². The van der Waals surface area contributed by atoms with Crippen molar-refractivity contribution >= 4 is 5.91 Å². The predicted molar refractivity (Wildman–Crippen MR) is 111 cm³/mol. The predicted octanol–water partition coefficient (Wildman–Crippen LogP) is 2.43. The number of halogens is 1. The molecule has 0 saturated carbocycles. The monoisotopic (exact) mass is 408 g/mol. The second kappa shape index (κ2) is 8.97. The molecule has 2 N–H and O–H groups in total. The molecule has 30 heavy (non-hydrogen) atoms. The number of carbonyl (C=O) groups excluding carboxylic acids is 1. The van der Waals surface area contributed by atoms with Gasteiger partial charge in [0.2, 0.25) is 0 Å². The van der Waals surface area contributed by atoms with Crippen molar-refractivity contribution in [2.75, 3.05) is 19.8 Å². The quantitative estimate of drug-likeness (QED) is 0.790. The van der Waals surface area contributed by atoms with Crippen molar-refractivity contribution in [2.24, 2.45) is 5.73 Å². The number of terminal acetylenes is 1. The second-order valence-corrected chi connectivity index (χ2v) is 7.71.